The molecule has 0 fully saturated rings. The van der Waals surface area contributed by atoms with E-state index in [1.165, 1.54) is 27.9 Å². The standard InChI is InChI=1S/C23H21ClF2N6O2/c24-17-9-14(3-6-18(17)26)21-20(22(28)33)19-12-31(11-16(7-8-25)32(19)30-21)23(34)29-15-4-1-13(10-27)2-5-15/h1-6,9-10,16,27H,7-8,11-12H2,(H2,28,33)(H,29,34). The third kappa shape index (κ3) is 4.49. The predicted molar refractivity (Wildman–Crippen MR) is 125 cm³/mol. The summed E-state index contributed by atoms with van der Waals surface area (Å²) in [5.74, 6) is -1.40. The first-order valence-corrected chi connectivity index (χ1v) is 10.8. The van der Waals surface area contributed by atoms with Crippen molar-refractivity contribution < 1.29 is 18.4 Å². The van der Waals surface area contributed by atoms with Gasteiger partial charge < -0.3 is 21.4 Å². The van der Waals surface area contributed by atoms with Gasteiger partial charge >= 0.3 is 6.03 Å². The predicted octanol–water partition coefficient (Wildman–Crippen LogP) is 4.39. The lowest BCUT2D eigenvalue weighted by Gasteiger charge is -2.34. The minimum Gasteiger partial charge on any atom is -0.365 e. The Hall–Kier alpha value is -3.79. The lowest BCUT2D eigenvalue weighted by Crippen LogP contribution is -2.44. The van der Waals surface area contributed by atoms with Gasteiger partial charge in [-0.2, -0.15) is 5.10 Å². The van der Waals surface area contributed by atoms with Crippen molar-refractivity contribution in [1.82, 2.24) is 14.7 Å². The van der Waals surface area contributed by atoms with E-state index in [9.17, 15) is 18.4 Å². The fourth-order valence-corrected chi connectivity index (χ4v) is 4.14. The van der Waals surface area contributed by atoms with Gasteiger partial charge in [0.05, 0.1) is 35.5 Å². The number of aromatic nitrogens is 2. The van der Waals surface area contributed by atoms with Crippen molar-refractivity contribution in [1.29, 1.82) is 5.41 Å². The van der Waals surface area contributed by atoms with Gasteiger partial charge in [0.1, 0.15) is 11.5 Å². The molecule has 34 heavy (non-hydrogen) atoms. The number of halogens is 3. The number of hydrogen-bond donors (Lipinski definition) is 3. The molecule has 0 radical (unpaired) electrons. The van der Waals surface area contributed by atoms with Crippen molar-refractivity contribution >= 4 is 35.4 Å². The zero-order chi connectivity index (χ0) is 24.4. The third-order valence-electron chi connectivity index (χ3n) is 5.62. The molecule has 0 aliphatic carbocycles. The smallest absolute Gasteiger partial charge is 0.322 e. The van der Waals surface area contributed by atoms with Gasteiger partial charge in [-0.25, -0.2) is 9.18 Å². The molecule has 1 aromatic heterocycles. The maximum atomic E-state index is 13.7. The number of fused-ring (bicyclic) bond motifs is 1. The van der Waals surface area contributed by atoms with Crippen molar-refractivity contribution in [3.63, 3.8) is 0 Å². The summed E-state index contributed by atoms with van der Waals surface area (Å²) in [4.78, 5) is 26.9. The zero-order valence-electron chi connectivity index (χ0n) is 17.9. The Kier molecular flexibility index (Phi) is 6.60. The number of alkyl halides is 1. The minimum absolute atomic E-state index is 0.00734. The van der Waals surface area contributed by atoms with E-state index in [-0.39, 0.29) is 35.8 Å². The van der Waals surface area contributed by atoms with E-state index in [1.54, 1.807) is 24.3 Å². The summed E-state index contributed by atoms with van der Waals surface area (Å²) in [5.41, 5.74) is 7.88. The fourth-order valence-electron chi connectivity index (χ4n) is 3.96. The van der Waals surface area contributed by atoms with Gasteiger partial charge in [-0.1, -0.05) is 23.7 Å². The van der Waals surface area contributed by atoms with Crippen LogP contribution in [-0.4, -0.2) is 46.1 Å². The number of primary amides is 1. The number of rotatable bonds is 6. The number of nitrogens with two attached hydrogens (primary N) is 1. The molecule has 3 aromatic rings. The van der Waals surface area contributed by atoms with Crippen molar-refractivity contribution in [3.05, 3.63) is 70.1 Å². The molecule has 0 spiro atoms. The maximum absolute atomic E-state index is 13.7. The molecule has 0 saturated carbocycles. The van der Waals surface area contributed by atoms with Gasteiger partial charge in [-0.3, -0.25) is 13.9 Å². The Morgan fingerprint density at radius 1 is 1.26 bits per heavy atom. The molecule has 2 aromatic carbocycles. The molecular formula is C23H21ClF2N6O2. The normalized spacial score (nSPS) is 15.0. The van der Waals surface area contributed by atoms with Crippen LogP contribution in [0.15, 0.2) is 42.5 Å². The highest BCUT2D eigenvalue weighted by Gasteiger charge is 2.34. The minimum atomic E-state index is -0.778. The van der Waals surface area contributed by atoms with Crippen LogP contribution in [0.1, 0.15) is 34.1 Å². The molecule has 2 heterocycles. The molecule has 4 rings (SSSR count). The lowest BCUT2D eigenvalue weighted by atomic mass is 10.0. The van der Waals surface area contributed by atoms with E-state index in [2.05, 4.69) is 10.4 Å². The van der Waals surface area contributed by atoms with E-state index in [0.717, 1.165) is 6.07 Å². The van der Waals surface area contributed by atoms with E-state index in [1.807, 2.05) is 0 Å². The largest absolute Gasteiger partial charge is 0.365 e. The molecule has 3 amide bonds. The summed E-state index contributed by atoms with van der Waals surface area (Å²) >= 11 is 5.91. The van der Waals surface area contributed by atoms with E-state index < -0.39 is 30.5 Å². The second kappa shape index (κ2) is 9.60. The van der Waals surface area contributed by atoms with Crippen LogP contribution < -0.4 is 11.1 Å². The number of anilines is 1. The van der Waals surface area contributed by atoms with E-state index >= 15 is 0 Å². The van der Waals surface area contributed by atoms with Gasteiger partial charge in [0.25, 0.3) is 5.91 Å². The highest BCUT2D eigenvalue weighted by atomic mass is 35.5. The van der Waals surface area contributed by atoms with Crippen LogP contribution in [0.3, 0.4) is 0 Å². The fraction of sp³-hybridized carbons (Fsp3) is 0.217. The highest BCUT2D eigenvalue weighted by molar-refractivity contribution is 6.31. The SMILES string of the molecule is N=Cc1ccc(NC(=O)N2Cc3c(C(N)=O)c(-c4ccc(F)c(Cl)c4)nn3C(CCF)C2)cc1. The van der Waals surface area contributed by atoms with Crippen molar-refractivity contribution in [2.75, 3.05) is 18.5 Å². The molecule has 176 valence electrons. The number of carbonyl (C=O) groups excluding carboxylic acids is 2. The Bertz CT molecular complexity index is 1260. The summed E-state index contributed by atoms with van der Waals surface area (Å²) in [7, 11) is 0. The first-order chi connectivity index (χ1) is 16.3. The second-order valence-electron chi connectivity index (χ2n) is 7.82. The number of hydrogen-bond acceptors (Lipinski definition) is 4. The van der Waals surface area contributed by atoms with Crippen LogP contribution in [0.25, 0.3) is 11.3 Å². The van der Waals surface area contributed by atoms with Crippen LogP contribution in [-0.2, 0) is 6.54 Å². The van der Waals surface area contributed by atoms with E-state index in [4.69, 9.17) is 22.7 Å². The van der Waals surface area contributed by atoms with Crippen molar-refractivity contribution in [2.45, 2.75) is 19.0 Å². The first kappa shape index (κ1) is 23.4. The third-order valence-corrected chi connectivity index (χ3v) is 5.91. The van der Waals surface area contributed by atoms with Gasteiger partial charge in [0.2, 0.25) is 0 Å². The Balaban J connectivity index is 1.70. The monoisotopic (exact) mass is 486 g/mol. The molecule has 0 saturated heterocycles. The molecule has 1 aliphatic heterocycles. The molecular weight excluding hydrogens is 466 g/mol. The van der Waals surface area contributed by atoms with Crippen molar-refractivity contribution in [3.8, 4) is 11.3 Å². The van der Waals surface area contributed by atoms with Crippen LogP contribution >= 0.6 is 11.6 Å². The molecule has 11 heteroatoms. The van der Waals surface area contributed by atoms with Gasteiger partial charge in [-0.15, -0.1) is 0 Å². The van der Waals surface area contributed by atoms with Crippen LogP contribution in [0, 0.1) is 11.2 Å². The number of benzene rings is 2. The number of amides is 3. The van der Waals surface area contributed by atoms with Gasteiger partial charge in [0.15, 0.2) is 0 Å². The average Bonchev–Trinajstić information content (AvgIpc) is 3.21. The molecule has 1 atom stereocenters. The molecule has 4 N–H and O–H groups in total. The van der Waals surface area contributed by atoms with Crippen LogP contribution in [0.2, 0.25) is 5.02 Å². The first-order valence-electron chi connectivity index (χ1n) is 10.4. The van der Waals surface area contributed by atoms with Crippen LogP contribution in [0.5, 0.6) is 0 Å². The topological polar surface area (TPSA) is 117 Å². The molecule has 1 aliphatic rings. The summed E-state index contributed by atoms with van der Waals surface area (Å²) < 4.78 is 28.6. The van der Waals surface area contributed by atoms with Crippen LogP contribution in [0.4, 0.5) is 19.3 Å². The Morgan fingerprint density at radius 2 is 2.00 bits per heavy atom. The summed E-state index contributed by atoms with van der Waals surface area (Å²) in [6, 6.07) is 9.63. The molecule has 8 nitrogen and oxygen atoms in total. The van der Waals surface area contributed by atoms with Crippen molar-refractivity contribution in [2.24, 2.45) is 5.73 Å². The van der Waals surface area contributed by atoms with E-state index in [0.29, 0.717) is 22.5 Å². The maximum Gasteiger partial charge on any atom is 0.322 e. The number of urea groups is 1. The molecule has 0 bridgehead atoms. The quantitative estimate of drug-likeness (QED) is 0.448. The van der Waals surface area contributed by atoms with Gasteiger partial charge in [0, 0.05) is 24.0 Å². The number of nitrogens with one attached hydrogen (secondary N) is 2. The second-order valence-corrected chi connectivity index (χ2v) is 8.22. The van der Waals surface area contributed by atoms with Gasteiger partial charge in [-0.05, 0) is 42.3 Å². The molecule has 1 unspecified atom stereocenters. The number of carbonyl (C=O) groups is 2. The zero-order valence-corrected chi connectivity index (χ0v) is 18.6. The highest BCUT2D eigenvalue weighted by Crippen LogP contribution is 2.34. The Labute approximate surface area is 198 Å². The summed E-state index contributed by atoms with van der Waals surface area (Å²) in [5, 5.41) is 14.4. The average molecular weight is 487 g/mol. The Morgan fingerprint density at radius 3 is 2.62 bits per heavy atom. The summed E-state index contributed by atoms with van der Waals surface area (Å²) in [6.07, 6.45) is 1.25. The number of nitrogens with zero attached hydrogens (tertiary/aromatic N) is 3. The lowest BCUT2D eigenvalue weighted by molar-refractivity contribution is 0.0996. The summed E-state index contributed by atoms with van der Waals surface area (Å²) in [6.45, 7) is -0.494.